The highest BCUT2D eigenvalue weighted by Gasteiger charge is 2.10. The van der Waals surface area contributed by atoms with E-state index in [0.717, 1.165) is 16.5 Å². The van der Waals surface area contributed by atoms with Crippen LogP contribution < -0.4 is 5.32 Å². The van der Waals surface area contributed by atoms with Crippen molar-refractivity contribution in [3.05, 3.63) is 71.5 Å². The van der Waals surface area contributed by atoms with E-state index in [1.807, 2.05) is 18.2 Å². The van der Waals surface area contributed by atoms with Crippen LogP contribution in [0.25, 0.3) is 22.2 Å². The molecule has 7 heteroatoms. The Hall–Kier alpha value is -2.96. The molecule has 0 aliphatic heterocycles. The Morgan fingerprint density at radius 1 is 1.08 bits per heavy atom. The lowest BCUT2D eigenvalue weighted by molar-refractivity contribution is 0.248. The second-order valence-corrected chi connectivity index (χ2v) is 6.04. The molecule has 0 radical (unpaired) electrons. The molecule has 4 rings (SSSR count). The molecule has 0 saturated heterocycles. The minimum absolute atomic E-state index is 0.0289. The summed E-state index contributed by atoms with van der Waals surface area (Å²) in [6.45, 7) is -0.158. The predicted molar refractivity (Wildman–Crippen MR) is 97.9 cm³/mol. The van der Waals surface area contributed by atoms with Gasteiger partial charge in [0.25, 0.3) is 0 Å². The number of halogens is 2. The van der Waals surface area contributed by atoms with Crippen LogP contribution >= 0.6 is 11.6 Å². The van der Waals surface area contributed by atoms with Gasteiger partial charge < -0.3 is 14.8 Å². The maximum absolute atomic E-state index is 13.3. The van der Waals surface area contributed by atoms with Crippen LogP contribution in [0.15, 0.2) is 59.3 Å². The van der Waals surface area contributed by atoms with E-state index in [1.54, 1.807) is 18.2 Å². The first-order valence-electron chi connectivity index (χ1n) is 7.81. The molecule has 0 saturated carbocycles. The number of hydrogen-bond acceptors (Lipinski definition) is 5. The van der Waals surface area contributed by atoms with Gasteiger partial charge in [-0.15, -0.1) is 0 Å². The van der Waals surface area contributed by atoms with E-state index in [2.05, 4.69) is 15.3 Å². The summed E-state index contributed by atoms with van der Waals surface area (Å²) in [5, 5.41) is 13.1. The Morgan fingerprint density at radius 3 is 2.73 bits per heavy atom. The van der Waals surface area contributed by atoms with Crippen LogP contribution in [0.4, 0.5) is 15.9 Å². The molecule has 2 aromatic heterocycles. The van der Waals surface area contributed by atoms with Gasteiger partial charge in [0.2, 0.25) is 0 Å². The first-order valence-corrected chi connectivity index (χ1v) is 8.18. The van der Waals surface area contributed by atoms with Crippen LogP contribution in [0.2, 0.25) is 5.02 Å². The molecule has 2 heterocycles. The number of rotatable bonds is 4. The fourth-order valence-electron chi connectivity index (χ4n) is 2.64. The van der Waals surface area contributed by atoms with Gasteiger partial charge in [-0.1, -0.05) is 11.6 Å². The number of fused-ring (bicyclic) bond motifs is 1. The number of aliphatic hydroxyl groups excluding tert-OH is 1. The predicted octanol–water partition coefficient (Wildman–Crippen LogP) is 4.92. The van der Waals surface area contributed by atoms with Crippen LogP contribution in [0, 0.1) is 5.82 Å². The van der Waals surface area contributed by atoms with Crippen molar-refractivity contribution >= 4 is 34.0 Å². The summed E-state index contributed by atoms with van der Waals surface area (Å²) in [7, 11) is 0. The Kier molecular flexibility index (Phi) is 4.28. The number of nitrogens with zero attached hydrogens (tertiary/aromatic N) is 2. The molecule has 0 bridgehead atoms. The summed E-state index contributed by atoms with van der Waals surface area (Å²) in [5.74, 6) is 1.21. The zero-order valence-electron chi connectivity index (χ0n) is 13.4. The van der Waals surface area contributed by atoms with Gasteiger partial charge in [0, 0.05) is 16.6 Å². The summed E-state index contributed by atoms with van der Waals surface area (Å²) < 4.78 is 18.9. The largest absolute Gasteiger partial charge is 0.459 e. The normalized spacial score (nSPS) is 11.0. The molecular weight excluding hydrogens is 357 g/mol. The van der Waals surface area contributed by atoms with Gasteiger partial charge in [-0.2, -0.15) is 0 Å². The molecule has 0 amide bonds. The monoisotopic (exact) mass is 369 g/mol. The summed E-state index contributed by atoms with van der Waals surface area (Å²) >= 11 is 5.84. The SMILES string of the molecule is OCc1ccc(-c2ccc3ncnc(Nc4ccc(F)c(Cl)c4)c3c2)o1. The van der Waals surface area contributed by atoms with Crippen molar-refractivity contribution in [3.8, 4) is 11.3 Å². The molecule has 0 atom stereocenters. The maximum Gasteiger partial charge on any atom is 0.141 e. The minimum atomic E-state index is -0.482. The van der Waals surface area contributed by atoms with Crippen molar-refractivity contribution in [2.24, 2.45) is 0 Å². The molecule has 0 aliphatic rings. The molecule has 130 valence electrons. The molecule has 26 heavy (non-hydrogen) atoms. The topological polar surface area (TPSA) is 71.2 Å². The highest BCUT2D eigenvalue weighted by atomic mass is 35.5. The van der Waals surface area contributed by atoms with Crippen LogP contribution in [-0.2, 0) is 6.61 Å². The molecule has 5 nitrogen and oxygen atoms in total. The number of anilines is 2. The summed E-state index contributed by atoms with van der Waals surface area (Å²) in [4.78, 5) is 8.54. The van der Waals surface area contributed by atoms with Gasteiger partial charge in [-0.25, -0.2) is 14.4 Å². The van der Waals surface area contributed by atoms with Crippen LogP contribution in [-0.4, -0.2) is 15.1 Å². The lowest BCUT2D eigenvalue weighted by atomic mass is 10.1. The Morgan fingerprint density at radius 2 is 1.96 bits per heavy atom. The number of furan rings is 1. The second-order valence-electron chi connectivity index (χ2n) is 5.63. The van der Waals surface area contributed by atoms with E-state index in [0.29, 0.717) is 23.0 Å². The molecule has 2 aromatic carbocycles. The smallest absolute Gasteiger partial charge is 0.141 e. The second kappa shape index (κ2) is 6.74. The Bertz CT molecular complexity index is 1100. The minimum Gasteiger partial charge on any atom is -0.459 e. The number of hydrogen-bond donors (Lipinski definition) is 2. The molecule has 0 unspecified atom stereocenters. The average molecular weight is 370 g/mol. The first-order chi connectivity index (χ1) is 12.6. The first kappa shape index (κ1) is 16.5. The zero-order chi connectivity index (χ0) is 18.1. The van der Waals surface area contributed by atoms with Gasteiger partial charge in [0.15, 0.2) is 0 Å². The number of aromatic nitrogens is 2. The van der Waals surface area contributed by atoms with Crippen LogP contribution in [0.3, 0.4) is 0 Å². The van der Waals surface area contributed by atoms with E-state index < -0.39 is 5.82 Å². The van der Waals surface area contributed by atoms with Crippen molar-refractivity contribution in [1.29, 1.82) is 0 Å². The Balaban J connectivity index is 1.76. The van der Waals surface area contributed by atoms with Gasteiger partial charge in [0.1, 0.15) is 36.1 Å². The molecular formula is C19H13ClFN3O2. The summed E-state index contributed by atoms with van der Waals surface area (Å²) in [5.41, 5.74) is 2.18. The van der Waals surface area contributed by atoms with E-state index >= 15 is 0 Å². The van der Waals surface area contributed by atoms with Crippen molar-refractivity contribution in [1.82, 2.24) is 9.97 Å². The van der Waals surface area contributed by atoms with E-state index in [9.17, 15) is 4.39 Å². The highest BCUT2D eigenvalue weighted by Crippen LogP contribution is 2.30. The van der Waals surface area contributed by atoms with Crippen molar-refractivity contribution < 1.29 is 13.9 Å². The van der Waals surface area contributed by atoms with Crippen molar-refractivity contribution in [3.63, 3.8) is 0 Å². The highest BCUT2D eigenvalue weighted by molar-refractivity contribution is 6.31. The number of nitrogens with one attached hydrogen (secondary N) is 1. The quantitative estimate of drug-likeness (QED) is 0.534. The van der Waals surface area contributed by atoms with Gasteiger partial charge in [-0.3, -0.25) is 0 Å². The lowest BCUT2D eigenvalue weighted by Gasteiger charge is -2.10. The standard InChI is InChI=1S/C19H13ClFN3O2/c20-15-8-12(2-4-16(15)21)24-19-14-7-11(1-5-17(14)22-10-23-19)18-6-3-13(9-25)26-18/h1-8,10,25H,9H2,(H,22,23,24). The third-order valence-electron chi connectivity index (χ3n) is 3.92. The molecule has 0 aliphatic carbocycles. The van der Waals surface area contributed by atoms with E-state index in [1.165, 1.54) is 18.5 Å². The molecule has 0 fully saturated rings. The zero-order valence-corrected chi connectivity index (χ0v) is 14.2. The third kappa shape index (κ3) is 3.12. The lowest BCUT2D eigenvalue weighted by Crippen LogP contribution is -1.96. The summed E-state index contributed by atoms with van der Waals surface area (Å²) in [6.07, 6.45) is 1.45. The fraction of sp³-hybridized carbons (Fsp3) is 0.0526. The van der Waals surface area contributed by atoms with E-state index in [4.69, 9.17) is 21.1 Å². The van der Waals surface area contributed by atoms with E-state index in [-0.39, 0.29) is 11.6 Å². The number of aliphatic hydroxyl groups is 1. The van der Waals surface area contributed by atoms with Gasteiger partial charge >= 0.3 is 0 Å². The van der Waals surface area contributed by atoms with Gasteiger partial charge in [0.05, 0.1) is 10.5 Å². The number of benzene rings is 2. The van der Waals surface area contributed by atoms with Crippen molar-refractivity contribution in [2.45, 2.75) is 6.61 Å². The molecule has 2 N–H and O–H groups in total. The third-order valence-corrected chi connectivity index (χ3v) is 4.21. The van der Waals surface area contributed by atoms with Crippen molar-refractivity contribution in [2.75, 3.05) is 5.32 Å². The van der Waals surface area contributed by atoms with Crippen LogP contribution in [0.1, 0.15) is 5.76 Å². The average Bonchev–Trinajstić information content (AvgIpc) is 3.14. The van der Waals surface area contributed by atoms with Crippen LogP contribution in [0.5, 0.6) is 0 Å². The summed E-state index contributed by atoms with van der Waals surface area (Å²) in [6, 6.07) is 13.5. The fourth-order valence-corrected chi connectivity index (χ4v) is 2.82. The van der Waals surface area contributed by atoms with Gasteiger partial charge in [-0.05, 0) is 48.5 Å². The molecule has 0 spiro atoms. The Labute approximate surface area is 153 Å². The molecule has 4 aromatic rings. The maximum atomic E-state index is 13.3.